The van der Waals surface area contributed by atoms with Crippen LogP contribution in [0.1, 0.15) is 17.0 Å². The molecule has 0 radical (unpaired) electrons. The largest absolute Gasteiger partial charge is 0.492 e. The summed E-state index contributed by atoms with van der Waals surface area (Å²) < 4.78 is 5.47. The number of nitrogens with two attached hydrogens (primary N) is 1. The normalized spacial score (nSPS) is 20.4. The number of hydrogen-bond donors (Lipinski definition) is 3. The topological polar surface area (TPSA) is 88.1 Å². The minimum atomic E-state index is -0.166. The van der Waals surface area contributed by atoms with Crippen LogP contribution in [0.4, 0.5) is 5.69 Å². The maximum Gasteiger partial charge on any atom is 0.126 e. The van der Waals surface area contributed by atoms with Crippen molar-refractivity contribution in [3.8, 4) is 0 Å². The molecule has 1 fully saturated rings. The van der Waals surface area contributed by atoms with Crippen molar-refractivity contribution in [3.63, 3.8) is 0 Å². The van der Waals surface area contributed by atoms with Gasteiger partial charge in [-0.25, -0.2) is 0 Å². The number of nitrogens with zero attached hydrogens (tertiary/aromatic N) is 1. The van der Waals surface area contributed by atoms with Gasteiger partial charge in [-0.3, -0.25) is 4.99 Å². The van der Waals surface area contributed by atoms with Gasteiger partial charge in [0.05, 0.1) is 24.8 Å². The lowest BCUT2D eigenvalue weighted by Crippen LogP contribution is -2.13. The molecule has 1 heterocycles. The summed E-state index contributed by atoms with van der Waals surface area (Å²) in [6.07, 6.45) is 0.517. The minimum absolute atomic E-state index is 0.00271. The van der Waals surface area contributed by atoms with Crippen molar-refractivity contribution in [2.75, 3.05) is 32.1 Å². The van der Waals surface area contributed by atoms with E-state index in [1.54, 1.807) is 0 Å². The highest BCUT2D eigenvalue weighted by molar-refractivity contribution is 5.97. The number of allylic oxidation sites excluding steroid dienone is 1. The van der Waals surface area contributed by atoms with Crippen LogP contribution in [0.15, 0.2) is 35.5 Å². The third-order valence-corrected chi connectivity index (χ3v) is 3.40. The molecule has 108 valence electrons. The summed E-state index contributed by atoms with van der Waals surface area (Å²) in [6.45, 7) is 4.70. The molecular weight excluding hydrogens is 256 g/mol. The van der Waals surface area contributed by atoms with Gasteiger partial charge in [-0.1, -0.05) is 24.8 Å². The van der Waals surface area contributed by atoms with Crippen molar-refractivity contribution in [3.05, 3.63) is 41.7 Å². The van der Waals surface area contributed by atoms with Crippen molar-refractivity contribution in [2.45, 2.75) is 12.3 Å². The van der Waals surface area contributed by atoms with Crippen molar-refractivity contribution in [2.24, 2.45) is 4.99 Å². The Hall–Kier alpha value is -1.85. The molecule has 2 rings (SSSR count). The molecule has 0 saturated carbocycles. The summed E-state index contributed by atoms with van der Waals surface area (Å²) in [5.41, 5.74) is 9.48. The quantitative estimate of drug-likeness (QED) is 0.696. The Bertz CT molecular complexity index is 526. The number of anilines is 1. The van der Waals surface area contributed by atoms with Gasteiger partial charge in [0.2, 0.25) is 0 Å². The van der Waals surface area contributed by atoms with Crippen LogP contribution in [-0.2, 0) is 11.2 Å². The Morgan fingerprint density at radius 2 is 2.15 bits per heavy atom. The van der Waals surface area contributed by atoms with Gasteiger partial charge in [-0.2, -0.15) is 0 Å². The van der Waals surface area contributed by atoms with Crippen LogP contribution in [0.2, 0.25) is 0 Å². The lowest BCUT2D eigenvalue weighted by Gasteiger charge is -2.16. The molecule has 1 aromatic carbocycles. The van der Waals surface area contributed by atoms with Crippen LogP contribution in [0, 0.1) is 0 Å². The Morgan fingerprint density at radius 3 is 2.85 bits per heavy atom. The summed E-state index contributed by atoms with van der Waals surface area (Å²) in [7, 11) is 0. The fourth-order valence-electron chi connectivity index (χ4n) is 2.43. The number of nitrogen functional groups attached to an aromatic ring is 1. The van der Waals surface area contributed by atoms with Gasteiger partial charge in [0, 0.05) is 12.3 Å². The van der Waals surface area contributed by atoms with Gasteiger partial charge in [0.15, 0.2) is 0 Å². The van der Waals surface area contributed by atoms with Crippen molar-refractivity contribution in [1.29, 1.82) is 0 Å². The van der Waals surface area contributed by atoms with Gasteiger partial charge in [0.1, 0.15) is 12.4 Å². The number of aliphatic hydroxyl groups excluding tert-OH is 2. The summed E-state index contributed by atoms with van der Waals surface area (Å²) in [5.74, 6) is 0.453. The minimum Gasteiger partial charge on any atom is -0.492 e. The molecule has 1 atom stereocenters. The first-order valence-corrected chi connectivity index (χ1v) is 6.62. The predicted molar refractivity (Wildman–Crippen MR) is 78.9 cm³/mol. The predicted octanol–water partition coefficient (Wildman–Crippen LogP) is 0.864. The van der Waals surface area contributed by atoms with E-state index in [2.05, 4.69) is 11.6 Å². The van der Waals surface area contributed by atoms with Crippen LogP contribution < -0.4 is 5.73 Å². The first-order valence-electron chi connectivity index (χ1n) is 6.62. The van der Waals surface area contributed by atoms with Gasteiger partial charge < -0.3 is 20.7 Å². The number of aliphatic hydroxyl groups is 2. The zero-order valence-corrected chi connectivity index (χ0v) is 11.4. The second kappa shape index (κ2) is 6.54. The van der Waals surface area contributed by atoms with Crippen LogP contribution in [0.3, 0.4) is 0 Å². The molecule has 1 aromatic rings. The van der Waals surface area contributed by atoms with Crippen LogP contribution in [0.5, 0.6) is 0 Å². The summed E-state index contributed by atoms with van der Waals surface area (Å²) in [4.78, 5) is 4.34. The number of hydrogen-bond acceptors (Lipinski definition) is 5. The second-order valence-electron chi connectivity index (χ2n) is 4.68. The molecule has 0 bridgehead atoms. The van der Waals surface area contributed by atoms with Crippen LogP contribution in [0.25, 0.3) is 0 Å². The third-order valence-electron chi connectivity index (χ3n) is 3.40. The third kappa shape index (κ3) is 2.84. The van der Waals surface area contributed by atoms with E-state index in [1.807, 2.05) is 18.2 Å². The number of rotatable bonds is 5. The molecule has 5 heteroatoms. The standard InChI is InChI=1S/C15H20N2O3/c1-10-14(13(9-20-10)17-6-8-19)12-4-2-3-11(5-7-18)15(12)16/h2-4,14,18-19H,1,5-9,16H2. The molecule has 1 saturated heterocycles. The Balaban J connectivity index is 2.38. The van der Waals surface area contributed by atoms with E-state index >= 15 is 0 Å². The molecular formula is C15H20N2O3. The Labute approximate surface area is 118 Å². The Kier molecular flexibility index (Phi) is 4.76. The molecule has 1 unspecified atom stereocenters. The molecule has 1 aliphatic heterocycles. The summed E-state index contributed by atoms with van der Waals surface area (Å²) in [5, 5.41) is 18.0. The molecule has 4 N–H and O–H groups in total. The van der Waals surface area contributed by atoms with Gasteiger partial charge >= 0.3 is 0 Å². The smallest absolute Gasteiger partial charge is 0.126 e. The first kappa shape index (κ1) is 14.6. The number of benzene rings is 1. The van der Waals surface area contributed by atoms with Crippen molar-refractivity contribution in [1.82, 2.24) is 0 Å². The van der Waals surface area contributed by atoms with E-state index < -0.39 is 0 Å². The van der Waals surface area contributed by atoms with Crippen molar-refractivity contribution < 1.29 is 14.9 Å². The zero-order chi connectivity index (χ0) is 14.5. The summed E-state index contributed by atoms with van der Waals surface area (Å²) >= 11 is 0. The number of aliphatic imine (C=N–C) groups is 1. The van der Waals surface area contributed by atoms with E-state index in [0.717, 1.165) is 16.8 Å². The number of ether oxygens (including phenoxy) is 1. The maximum atomic E-state index is 9.07. The monoisotopic (exact) mass is 276 g/mol. The van der Waals surface area contributed by atoms with Gasteiger partial charge in [0.25, 0.3) is 0 Å². The van der Waals surface area contributed by atoms with E-state index in [9.17, 15) is 0 Å². The molecule has 5 nitrogen and oxygen atoms in total. The number of para-hydroxylation sites is 1. The highest BCUT2D eigenvalue weighted by Gasteiger charge is 2.31. The van der Waals surface area contributed by atoms with E-state index in [0.29, 0.717) is 31.0 Å². The zero-order valence-electron chi connectivity index (χ0n) is 11.4. The van der Waals surface area contributed by atoms with Crippen LogP contribution in [-0.4, -0.2) is 42.3 Å². The maximum absolute atomic E-state index is 9.07. The summed E-state index contributed by atoms with van der Waals surface area (Å²) in [6, 6.07) is 5.74. The Morgan fingerprint density at radius 1 is 1.35 bits per heavy atom. The van der Waals surface area contributed by atoms with Crippen LogP contribution >= 0.6 is 0 Å². The lowest BCUT2D eigenvalue weighted by molar-refractivity contribution is 0.279. The highest BCUT2D eigenvalue weighted by atomic mass is 16.5. The fourth-order valence-corrected chi connectivity index (χ4v) is 2.43. The second-order valence-corrected chi connectivity index (χ2v) is 4.68. The first-order chi connectivity index (χ1) is 9.69. The molecule has 20 heavy (non-hydrogen) atoms. The molecule has 1 aliphatic rings. The fraction of sp³-hybridized carbons (Fsp3) is 0.400. The molecule has 0 amide bonds. The van der Waals surface area contributed by atoms with E-state index in [4.69, 9.17) is 20.7 Å². The van der Waals surface area contributed by atoms with Crippen molar-refractivity contribution >= 4 is 11.4 Å². The van der Waals surface area contributed by atoms with Gasteiger partial charge in [-0.05, 0) is 17.5 Å². The SMILES string of the molecule is C=C1OCC(=NCCO)C1c1cccc(CCO)c1N. The lowest BCUT2D eigenvalue weighted by atomic mass is 9.90. The molecule has 0 aromatic heterocycles. The van der Waals surface area contributed by atoms with Gasteiger partial charge in [-0.15, -0.1) is 0 Å². The molecule has 0 spiro atoms. The highest BCUT2D eigenvalue weighted by Crippen LogP contribution is 2.36. The average Bonchev–Trinajstić information content (AvgIpc) is 2.80. The average molecular weight is 276 g/mol. The van der Waals surface area contributed by atoms with E-state index in [1.165, 1.54) is 0 Å². The van der Waals surface area contributed by atoms with E-state index in [-0.39, 0.29) is 19.1 Å². The molecule has 0 aliphatic carbocycles.